The van der Waals surface area contributed by atoms with Crippen LogP contribution in [0.5, 0.6) is 0 Å². The highest BCUT2D eigenvalue weighted by Crippen LogP contribution is 2.19. The Labute approximate surface area is 131 Å². The number of hydrogen-bond acceptors (Lipinski definition) is 2. The molecule has 100 valence electrons. The molecule has 0 unspecified atom stereocenters. The predicted molar refractivity (Wildman–Crippen MR) is 82.7 cm³/mol. The van der Waals surface area contributed by atoms with E-state index in [0.717, 1.165) is 3.57 Å². The zero-order valence-electron chi connectivity index (χ0n) is 9.96. The van der Waals surface area contributed by atoms with Crippen molar-refractivity contribution < 1.29 is 9.53 Å². The van der Waals surface area contributed by atoms with Gasteiger partial charge in [-0.2, -0.15) is 0 Å². The number of rotatable bonds is 6. The standard InChI is InChI=1S/C12H14Cl2INO2/c1-16(5-7-18-6-4-13)12(17)10-8-9(14)2-3-11(10)15/h2-3,8H,4-7H2,1H3. The van der Waals surface area contributed by atoms with Gasteiger partial charge in [-0.1, -0.05) is 11.6 Å². The van der Waals surface area contributed by atoms with E-state index in [0.29, 0.717) is 36.2 Å². The molecule has 1 aromatic rings. The summed E-state index contributed by atoms with van der Waals surface area (Å²) in [4.78, 5) is 13.8. The van der Waals surface area contributed by atoms with E-state index in [1.807, 2.05) is 6.07 Å². The Hall–Kier alpha value is -0.0400. The average Bonchev–Trinajstić information content (AvgIpc) is 2.36. The Bertz CT molecular complexity index is 415. The van der Waals surface area contributed by atoms with Gasteiger partial charge in [0.15, 0.2) is 0 Å². The predicted octanol–water partition coefficient (Wildman–Crippen LogP) is 3.27. The normalized spacial score (nSPS) is 10.4. The largest absolute Gasteiger partial charge is 0.378 e. The maximum Gasteiger partial charge on any atom is 0.254 e. The summed E-state index contributed by atoms with van der Waals surface area (Å²) in [6.07, 6.45) is 0. The second-order valence-corrected chi connectivity index (χ2v) is 5.63. The topological polar surface area (TPSA) is 29.5 Å². The summed E-state index contributed by atoms with van der Waals surface area (Å²) >= 11 is 13.5. The Balaban J connectivity index is 2.60. The van der Waals surface area contributed by atoms with Gasteiger partial charge < -0.3 is 9.64 Å². The summed E-state index contributed by atoms with van der Waals surface area (Å²) in [5.74, 6) is 0.403. The van der Waals surface area contributed by atoms with E-state index in [2.05, 4.69) is 22.6 Å². The van der Waals surface area contributed by atoms with Gasteiger partial charge in [-0.25, -0.2) is 0 Å². The number of likely N-dealkylation sites (N-methyl/N-ethyl adjacent to an activating group) is 1. The van der Waals surface area contributed by atoms with Crippen LogP contribution in [0.3, 0.4) is 0 Å². The lowest BCUT2D eigenvalue weighted by Crippen LogP contribution is -2.30. The number of amides is 1. The first-order valence-corrected chi connectivity index (χ1v) is 7.39. The second-order valence-electron chi connectivity index (χ2n) is 3.65. The molecule has 0 aromatic heterocycles. The Morgan fingerprint density at radius 1 is 1.44 bits per heavy atom. The third kappa shape index (κ3) is 4.91. The molecule has 0 atom stereocenters. The van der Waals surface area contributed by atoms with Crippen molar-refractivity contribution in [1.82, 2.24) is 4.90 Å². The fourth-order valence-corrected chi connectivity index (χ4v) is 2.17. The van der Waals surface area contributed by atoms with Crippen molar-refractivity contribution in [3.8, 4) is 0 Å². The second kappa shape index (κ2) is 8.19. The summed E-state index contributed by atoms with van der Waals surface area (Å²) in [7, 11) is 1.74. The molecule has 1 aromatic carbocycles. The van der Waals surface area contributed by atoms with E-state index in [9.17, 15) is 4.79 Å². The van der Waals surface area contributed by atoms with Crippen molar-refractivity contribution in [1.29, 1.82) is 0 Å². The average molecular weight is 402 g/mol. The van der Waals surface area contributed by atoms with Gasteiger partial charge in [0.25, 0.3) is 5.91 Å². The first-order chi connectivity index (χ1) is 8.56. The van der Waals surface area contributed by atoms with Crippen LogP contribution in [-0.2, 0) is 4.74 Å². The number of carbonyl (C=O) groups is 1. The highest BCUT2D eigenvalue weighted by molar-refractivity contribution is 14.1. The number of ether oxygens (including phenoxy) is 1. The Morgan fingerprint density at radius 2 is 2.17 bits per heavy atom. The lowest BCUT2D eigenvalue weighted by atomic mass is 10.2. The number of alkyl halides is 1. The molecule has 0 aliphatic carbocycles. The quantitative estimate of drug-likeness (QED) is 0.416. The summed E-state index contributed by atoms with van der Waals surface area (Å²) in [5.41, 5.74) is 0.614. The molecule has 1 amide bonds. The highest BCUT2D eigenvalue weighted by atomic mass is 127. The SMILES string of the molecule is CN(CCOCCCl)C(=O)c1cc(Cl)ccc1I. The van der Waals surface area contributed by atoms with Crippen LogP contribution >= 0.6 is 45.8 Å². The molecular weight excluding hydrogens is 388 g/mol. The molecule has 18 heavy (non-hydrogen) atoms. The minimum atomic E-state index is -0.0589. The van der Waals surface area contributed by atoms with Gasteiger partial charge in [0.2, 0.25) is 0 Å². The van der Waals surface area contributed by atoms with Crippen LogP contribution in [0.2, 0.25) is 5.02 Å². The van der Waals surface area contributed by atoms with Crippen LogP contribution < -0.4 is 0 Å². The summed E-state index contributed by atoms with van der Waals surface area (Å²) in [6.45, 7) is 1.50. The molecule has 0 heterocycles. The maximum absolute atomic E-state index is 12.2. The third-order valence-electron chi connectivity index (χ3n) is 2.30. The monoisotopic (exact) mass is 401 g/mol. The molecule has 0 spiro atoms. The lowest BCUT2D eigenvalue weighted by molar-refractivity contribution is 0.0711. The van der Waals surface area contributed by atoms with Gasteiger partial charge >= 0.3 is 0 Å². The first-order valence-electron chi connectivity index (χ1n) is 5.40. The minimum Gasteiger partial charge on any atom is -0.378 e. The van der Waals surface area contributed by atoms with Crippen molar-refractivity contribution in [3.05, 3.63) is 32.4 Å². The smallest absolute Gasteiger partial charge is 0.254 e. The molecule has 0 radical (unpaired) electrons. The van der Waals surface area contributed by atoms with Gasteiger partial charge in [0, 0.05) is 28.1 Å². The number of carbonyl (C=O) groups excluding carboxylic acids is 1. The van der Waals surface area contributed by atoms with Crippen molar-refractivity contribution in [2.24, 2.45) is 0 Å². The van der Waals surface area contributed by atoms with Gasteiger partial charge in [-0.05, 0) is 40.8 Å². The molecule has 3 nitrogen and oxygen atoms in total. The van der Waals surface area contributed by atoms with Gasteiger partial charge in [-0.3, -0.25) is 4.79 Å². The maximum atomic E-state index is 12.2. The molecule has 0 aliphatic rings. The summed E-state index contributed by atoms with van der Waals surface area (Å²) < 4.78 is 6.12. The Morgan fingerprint density at radius 3 is 2.83 bits per heavy atom. The van der Waals surface area contributed by atoms with Crippen molar-refractivity contribution in [2.75, 3.05) is 32.7 Å². The van der Waals surface area contributed by atoms with Crippen molar-refractivity contribution in [3.63, 3.8) is 0 Å². The van der Waals surface area contributed by atoms with Crippen LogP contribution in [0.15, 0.2) is 18.2 Å². The number of halogens is 3. The van der Waals surface area contributed by atoms with Gasteiger partial charge in [-0.15, -0.1) is 11.6 Å². The lowest BCUT2D eigenvalue weighted by Gasteiger charge is -2.18. The molecule has 0 bridgehead atoms. The third-order valence-corrected chi connectivity index (χ3v) is 3.63. The first kappa shape index (κ1) is 16.0. The van der Waals surface area contributed by atoms with Crippen LogP contribution in [0.1, 0.15) is 10.4 Å². The van der Waals surface area contributed by atoms with Crippen LogP contribution in [0.25, 0.3) is 0 Å². The van der Waals surface area contributed by atoms with Gasteiger partial charge in [0.05, 0.1) is 18.8 Å². The molecule has 0 N–H and O–H groups in total. The number of nitrogens with zero attached hydrogens (tertiary/aromatic N) is 1. The molecular formula is C12H14Cl2INO2. The molecule has 0 aliphatic heterocycles. The van der Waals surface area contributed by atoms with Crippen LogP contribution in [0.4, 0.5) is 0 Å². The Kier molecular flexibility index (Phi) is 7.29. The minimum absolute atomic E-state index is 0.0589. The van der Waals surface area contributed by atoms with E-state index in [1.165, 1.54) is 0 Å². The fraction of sp³-hybridized carbons (Fsp3) is 0.417. The fourth-order valence-electron chi connectivity index (χ4n) is 1.33. The van der Waals surface area contributed by atoms with Crippen molar-refractivity contribution >= 4 is 51.7 Å². The molecule has 0 saturated heterocycles. The van der Waals surface area contributed by atoms with Gasteiger partial charge in [0.1, 0.15) is 0 Å². The zero-order valence-corrected chi connectivity index (χ0v) is 13.6. The van der Waals surface area contributed by atoms with Crippen LogP contribution in [-0.4, -0.2) is 43.5 Å². The van der Waals surface area contributed by atoms with E-state index in [-0.39, 0.29) is 5.91 Å². The molecule has 1 rings (SSSR count). The van der Waals surface area contributed by atoms with Crippen molar-refractivity contribution in [2.45, 2.75) is 0 Å². The van der Waals surface area contributed by atoms with Crippen LogP contribution in [0, 0.1) is 3.57 Å². The summed E-state index contributed by atoms with van der Waals surface area (Å²) in [6, 6.07) is 5.28. The van der Waals surface area contributed by atoms with E-state index >= 15 is 0 Å². The molecule has 6 heteroatoms. The van der Waals surface area contributed by atoms with E-state index in [4.69, 9.17) is 27.9 Å². The zero-order chi connectivity index (χ0) is 13.5. The highest BCUT2D eigenvalue weighted by Gasteiger charge is 2.14. The van der Waals surface area contributed by atoms with E-state index in [1.54, 1.807) is 24.1 Å². The number of hydrogen-bond donors (Lipinski definition) is 0. The molecule has 0 fully saturated rings. The summed E-state index contributed by atoms with van der Waals surface area (Å²) in [5, 5.41) is 0.561. The van der Waals surface area contributed by atoms with E-state index < -0.39 is 0 Å². The molecule has 0 saturated carbocycles. The number of benzene rings is 1.